The van der Waals surface area contributed by atoms with Crippen LogP contribution in [-0.2, 0) is 0 Å². The predicted molar refractivity (Wildman–Crippen MR) is 170 cm³/mol. The lowest BCUT2D eigenvalue weighted by Gasteiger charge is -2.26. The van der Waals surface area contributed by atoms with Crippen molar-refractivity contribution < 1.29 is 0 Å². The smallest absolute Gasteiger partial charge is 0.124 e. The van der Waals surface area contributed by atoms with E-state index in [1.807, 2.05) is 0 Å². The van der Waals surface area contributed by atoms with Gasteiger partial charge in [-0.15, -0.1) is 11.3 Å². The molecule has 1 heterocycles. The summed E-state index contributed by atoms with van der Waals surface area (Å²) in [4.78, 5) is 8.73. The number of para-hydroxylation sites is 1. The number of nitrogens with zero attached hydrogens (tertiary/aromatic N) is 2. The summed E-state index contributed by atoms with van der Waals surface area (Å²) in [5.74, 6) is 0. The van der Waals surface area contributed by atoms with Gasteiger partial charge in [-0.25, -0.2) is 4.98 Å². The van der Waals surface area contributed by atoms with Gasteiger partial charge in [0.2, 0.25) is 0 Å². The van der Waals surface area contributed by atoms with Crippen molar-refractivity contribution in [2.24, 2.45) is 0 Å². The summed E-state index contributed by atoms with van der Waals surface area (Å²) in [6.45, 7) is 0. The van der Waals surface area contributed by atoms with Gasteiger partial charge in [0, 0.05) is 33.8 Å². The Morgan fingerprint density at radius 3 is 1.88 bits per heavy atom. The highest BCUT2D eigenvalue weighted by molar-refractivity contribution is 7.19. The van der Waals surface area contributed by atoms with E-state index in [1.54, 1.807) is 11.3 Å². The zero-order valence-corrected chi connectivity index (χ0v) is 22.5. The number of aromatic nitrogens is 1. The Bertz CT molecular complexity index is 1930. The van der Waals surface area contributed by atoms with Gasteiger partial charge < -0.3 is 4.90 Å². The molecule has 2 nitrogen and oxygen atoms in total. The summed E-state index contributed by atoms with van der Waals surface area (Å²) in [6, 6.07) is 51.8. The van der Waals surface area contributed by atoms with Crippen LogP contribution in [0.2, 0.25) is 0 Å². The summed E-state index contributed by atoms with van der Waals surface area (Å²) in [5, 5.41) is 3.67. The van der Waals surface area contributed by atoms with Crippen LogP contribution in [-0.4, -0.2) is 4.98 Å². The molecule has 0 saturated carbocycles. The zero-order chi connectivity index (χ0) is 26.5. The predicted octanol–water partition coefficient (Wildman–Crippen LogP) is 10.7. The van der Waals surface area contributed by atoms with Crippen molar-refractivity contribution in [2.75, 3.05) is 4.90 Å². The van der Waals surface area contributed by atoms with Crippen molar-refractivity contribution in [3.05, 3.63) is 146 Å². The molecule has 188 valence electrons. The molecule has 0 unspecified atom stereocenters. The Balaban J connectivity index is 1.18. The van der Waals surface area contributed by atoms with Crippen LogP contribution in [0.5, 0.6) is 0 Å². The van der Waals surface area contributed by atoms with Crippen molar-refractivity contribution >= 4 is 39.2 Å². The molecule has 1 aliphatic carbocycles. The standard InChI is InChI=1S/C37H24N2S/c1-3-10-25(11-4-1)28-14-7-17-31(24-28)39(29-15-5-2-6-16-29)30-22-20-27(21-23-30)37-38-35-32-18-8-12-26-13-9-19-33(34(26)32)36(35)40-37/h1-24H. The minimum Gasteiger partial charge on any atom is -0.310 e. The first kappa shape index (κ1) is 22.9. The fourth-order valence-corrected chi connectivity index (χ4v) is 6.89. The van der Waals surface area contributed by atoms with E-state index in [1.165, 1.54) is 37.9 Å². The van der Waals surface area contributed by atoms with Crippen LogP contribution in [0.25, 0.3) is 54.2 Å². The molecule has 0 saturated heterocycles. The topological polar surface area (TPSA) is 16.1 Å². The molecule has 40 heavy (non-hydrogen) atoms. The molecule has 0 amide bonds. The monoisotopic (exact) mass is 528 g/mol. The first-order chi connectivity index (χ1) is 19.8. The first-order valence-electron chi connectivity index (χ1n) is 13.5. The highest BCUT2D eigenvalue weighted by Gasteiger charge is 2.26. The van der Waals surface area contributed by atoms with Gasteiger partial charge in [0.15, 0.2) is 0 Å². The molecule has 8 rings (SSSR count). The lowest BCUT2D eigenvalue weighted by atomic mass is 10.0. The van der Waals surface area contributed by atoms with Crippen LogP contribution < -0.4 is 4.90 Å². The number of thiazole rings is 1. The lowest BCUT2D eigenvalue weighted by molar-refractivity contribution is 1.28. The fourth-order valence-electron chi connectivity index (χ4n) is 5.77. The number of benzene rings is 6. The number of hydrogen-bond acceptors (Lipinski definition) is 3. The normalized spacial score (nSPS) is 11.5. The summed E-state index contributed by atoms with van der Waals surface area (Å²) in [6.07, 6.45) is 0. The molecule has 0 spiro atoms. The van der Waals surface area contributed by atoms with Crippen LogP contribution in [0.1, 0.15) is 0 Å². The Morgan fingerprint density at radius 1 is 0.475 bits per heavy atom. The molecule has 3 heteroatoms. The van der Waals surface area contributed by atoms with E-state index in [0.29, 0.717) is 0 Å². The molecule has 0 aliphatic heterocycles. The van der Waals surface area contributed by atoms with Gasteiger partial charge in [0.05, 0.1) is 10.6 Å². The number of hydrogen-bond donors (Lipinski definition) is 0. The Morgan fingerprint density at radius 2 is 1.10 bits per heavy atom. The van der Waals surface area contributed by atoms with Crippen molar-refractivity contribution in [1.82, 2.24) is 4.98 Å². The maximum atomic E-state index is 5.14. The van der Waals surface area contributed by atoms with Crippen LogP contribution >= 0.6 is 11.3 Å². The van der Waals surface area contributed by atoms with E-state index in [-0.39, 0.29) is 0 Å². The van der Waals surface area contributed by atoms with Gasteiger partial charge in [0.25, 0.3) is 0 Å². The minimum atomic E-state index is 1.06. The second kappa shape index (κ2) is 9.33. The van der Waals surface area contributed by atoms with E-state index in [9.17, 15) is 0 Å². The van der Waals surface area contributed by atoms with E-state index >= 15 is 0 Å². The highest BCUT2D eigenvalue weighted by atomic mass is 32.1. The summed E-state index contributed by atoms with van der Waals surface area (Å²) in [7, 11) is 0. The summed E-state index contributed by atoms with van der Waals surface area (Å²) >= 11 is 1.79. The SMILES string of the molecule is c1ccc(-c2cccc(N(c3ccccc3)c3ccc(-c4nc5c(s4)-c4cccc6cccc-5c46)cc3)c2)cc1. The van der Waals surface area contributed by atoms with Gasteiger partial charge in [-0.3, -0.25) is 0 Å². The maximum Gasteiger partial charge on any atom is 0.124 e. The molecule has 0 bridgehead atoms. The van der Waals surface area contributed by atoms with Gasteiger partial charge in [-0.2, -0.15) is 0 Å². The van der Waals surface area contributed by atoms with Gasteiger partial charge >= 0.3 is 0 Å². The third kappa shape index (κ3) is 3.75. The molecule has 7 aromatic rings. The third-order valence-electron chi connectivity index (χ3n) is 7.63. The van der Waals surface area contributed by atoms with E-state index < -0.39 is 0 Å². The molecule has 1 aliphatic rings. The Labute approximate surface area is 237 Å². The largest absolute Gasteiger partial charge is 0.310 e. The number of fused-ring (bicyclic) bond motifs is 3. The quantitative estimate of drug-likeness (QED) is 0.221. The molecule has 6 aromatic carbocycles. The zero-order valence-electron chi connectivity index (χ0n) is 21.7. The third-order valence-corrected chi connectivity index (χ3v) is 8.77. The van der Waals surface area contributed by atoms with Crippen molar-refractivity contribution in [1.29, 1.82) is 0 Å². The maximum absolute atomic E-state index is 5.14. The van der Waals surface area contributed by atoms with Crippen LogP contribution in [0, 0.1) is 0 Å². The van der Waals surface area contributed by atoms with Gasteiger partial charge in [-0.1, -0.05) is 97.1 Å². The second-order valence-electron chi connectivity index (χ2n) is 10.0. The number of anilines is 3. The second-order valence-corrected chi connectivity index (χ2v) is 11.0. The van der Waals surface area contributed by atoms with E-state index in [2.05, 4.69) is 150 Å². The molecule has 0 radical (unpaired) electrons. The van der Waals surface area contributed by atoms with Crippen molar-refractivity contribution in [3.63, 3.8) is 0 Å². The average molecular weight is 529 g/mol. The van der Waals surface area contributed by atoms with Crippen LogP contribution in [0.15, 0.2) is 146 Å². The molecule has 1 aromatic heterocycles. The number of rotatable bonds is 5. The van der Waals surface area contributed by atoms with Crippen LogP contribution in [0.3, 0.4) is 0 Å². The first-order valence-corrected chi connectivity index (χ1v) is 14.3. The van der Waals surface area contributed by atoms with E-state index in [4.69, 9.17) is 4.98 Å². The van der Waals surface area contributed by atoms with Gasteiger partial charge in [0.1, 0.15) is 5.01 Å². The highest BCUT2D eigenvalue weighted by Crippen LogP contribution is 2.51. The van der Waals surface area contributed by atoms with Gasteiger partial charge in [-0.05, 0) is 70.4 Å². The van der Waals surface area contributed by atoms with Crippen molar-refractivity contribution in [3.8, 4) is 43.4 Å². The Hall–Kier alpha value is -4.99. The minimum absolute atomic E-state index is 1.06. The molecule has 0 N–H and O–H groups in total. The van der Waals surface area contributed by atoms with Crippen molar-refractivity contribution in [2.45, 2.75) is 0 Å². The fraction of sp³-hybridized carbons (Fsp3) is 0. The molecular formula is C37H24N2S. The lowest BCUT2D eigenvalue weighted by Crippen LogP contribution is -2.09. The molecule has 0 fully saturated rings. The summed E-state index contributed by atoms with van der Waals surface area (Å²) in [5.41, 5.74) is 10.6. The molecule has 0 atom stereocenters. The van der Waals surface area contributed by atoms with Crippen LogP contribution in [0.4, 0.5) is 17.1 Å². The summed E-state index contributed by atoms with van der Waals surface area (Å²) < 4.78 is 0. The Kier molecular flexibility index (Phi) is 5.35. The average Bonchev–Trinajstić information content (AvgIpc) is 3.59. The van der Waals surface area contributed by atoms with E-state index in [0.717, 1.165) is 33.3 Å². The molecular weight excluding hydrogens is 504 g/mol.